The highest BCUT2D eigenvalue weighted by atomic mass is 16.5. The molecule has 0 aliphatic carbocycles. The molecule has 1 amide bonds. The summed E-state index contributed by atoms with van der Waals surface area (Å²) in [6.45, 7) is 1.15. The standard InChI is InChI=1S/C24H17NO2/c26-23-20-11-5-6-12-21(20)24(25(23)13-14-27-24)22-15-16-7-1-2-8-17(16)18-9-3-4-10-19(18)22/h1-12,15H,13-14H2. The van der Waals surface area contributed by atoms with Gasteiger partial charge in [-0.15, -0.1) is 0 Å². The molecule has 4 aromatic rings. The number of carbonyl (C=O) groups excluding carboxylic acids is 1. The van der Waals surface area contributed by atoms with Crippen molar-refractivity contribution in [3.8, 4) is 0 Å². The smallest absolute Gasteiger partial charge is 0.257 e. The predicted octanol–water partition coefficient (Wildman–Crippen LogP) is 4.68. The van der Waals surface area contributed by atoms with E-state index in [1.807, 2.05) is 29.2 Å². The first-order chi connectivity index (χ1) is 13.3. The lowest BCUT2D eigenvalue weighted by molar-refractivity contribution is -0.0292. The predicted molar refractivity (Wildman–Crippen MR) is 106 cm³/mol. The molecular formula is C24H17NO2. The van der Waals surface area contributed by atoms with Crippen LogP contribution >= 0.6 is 0 Å². The van der Waals surface area contributed by atoms with Gasteiger partial charge in [0, 0.05) is 23.2 Å². The van der Waals surface area contributed by atoms with Crippen molar-refractivity contribution in [2.24, 2.45) is 0 Å². The van der Waals surface area contributed by atoms with Gasteiger partial charge in [0.15, 0.2) is 5.72 Å². The number of benzene rings is 4. The first-order valence-corrected chi connectivity index (χ1v) is 9.27. The largest absolute Gasteiger partial charge is 0.345 e. The van der Waals surface area contributed by atoms with Gasteiger partial charge in [-0.2, -0.15) is 0 Å². The Balaban J connectivity index is 1.78. The minimum atomic E-state index is -0.836. The third kappa shape index (κ3) is 1.77. The van der Waals surface area contributed by atoms with Gasteiger partial charge in [-0.1, -0.05) is 66.7 Å². The van der Waals surface area contributed by atoms with Crippen LogP contribution in [0.5, 0.6) is 0 Å². The fourth-order valence-corrected chi connectivity index (χ4v) is 4.80. The molecular weight excluding hydrogens is 334 g/mol. The third-order valence-electron chi connectivity index (χ3n) is 5.91. The summed E-state index contributed by atoms with van der Waals surface area (Å²) in [6.07, 6.45) is 0. The van der Waals surface area contributed by atoms with E-state index in [1.165, 1.54) is 10.8 Å². The topological polar surface area (TPSA) is 29.5 Å². The Labute approximate surface area is 156 Å². The van der Waals surface area contributed by atoms with Crippen molar-refractivity contribution in [1.29, 1.82) is 0 Å². The monoisotopic (exact) mass is 351 g/mol. The summed E-state index contributed by atoms with van der Waals surface area (Å²) in [4.78, 5) is 15.0. The minimum Gasteiger partial charge on any atom is -0.345 e. The molecule has 0 spiro atoms. The molecule has 130 valence electrons. The Kier molecular flexibility index (Phi) is 2.87. The number of hydrogen-bond donors (Lipinski definition) is 0. The zero-order valence-electron chi connectivity index (χ0n) is 14.7. The van der Waals surface area contributed by atoms with Gasteiger partial charge in [-0.25, -0.2) is 0 Å². The highest BCUT2D eigenvalue weighted by molar-refractivity contribution is 6.10. The summed E-state index contributed by atoms with van der Waals surface area (Å²) in [6, 6.07) is 26.9. The maximum Gasteiger partial charge on any atom is 0.257 e. The van der Waals surface area contributed by atoms with Crippen LogP contribution in [0, 0.1) is 0 Å². The van der Waals surface area contributed by atoms with Crippen LogP contribution in [0.15, 0.2) is 78.9 Å². The molecule has 0 saturated carbocycles. The SMILES string of the molecule is O=C1c2ccccc2C2(c3cc4ccccc4c4ccccc34)OCCN12. The number of fused-ring (bicyclic) bond motifs is 6. The molecule has 0 radical (unpaired) electrons. The van der Waals surface area contributed by atoms with Gasteiger partial charge in [-0.3, -0.25) is 9.69 Å². The zero-order chi connectivity index (χ0) is 18.0. The number of carbonyl (C=O) groups is 1. The zero-order valence-corrected chi connectivity index (χ0v) is 14.7. The van der Waals surface area contributed by atoms with Crippen molar-refractivity contribution in [2.75, 3.05) is 13.2 Å². The second kappa shape index (κ2) is 5.18. The normalized spacial score (nSPS) is 21.0. The lowest BCUT2D eigenvalue weighted by atomic mass is 9.87. The van der Waals surface area contributed by atoms with E-state index in [-0.39, 0.29) is 5.91 Å². The van der Waals surface area contributed by atoms with Crippen molar-refractivity contribution < 1.29 is 9.53 Å². The fourth-order valence-electron chi connectivity index (χ4n) is 4.80. The number of nitrogens with zero attached hydrogens (tertiary/aromatic N) is 1. The molecule has 3 heteroatoms. The van der Waals surface area contributed by atoms with Gasteiger partial charge in [0.05, 0.1) is 6.61 Å². The molecule has 27 heavy (non-hydrogen) atoms. The number of rotatable bonds is 1. The second-order valence-corrected chi connectivity index (χ2v) is 7.19. The molecule has 3 nitrogen and oxygen atoms in total. The van der Waals surface area contributed by atoms with Crippen LogP contribution in [0.4, 0.5) is 0 Å². The number of amides is 1. The van der Waals surface area contributed by atoms with E-state index in [0.29, 0.717) is 13.2 Å². The summed E-state index contributed by atoms with van der Waals surface area (Å²) in [5.41, 5.74) is 1.91. The van der Waals surface area contributed by atoms with Crippen molar-refractivity contribution in [1.82, 2.24) is 4.90 Å². The first-order valence-electron chi connectivity index (χ1n) is 9.27. The Morgan fingerprint density at radius 2 is 1.48 bits per heavy atom. The van der Waals surface area contributed by atoms with E-state index in [0.717, 1.165) is 27.5 Å². The van der Waals surface area contributed by atoms with E-state index in [9.17, 15) is 4.79 Å². The first kappa shape index (κ1) is 14.9. The molecule has 2 aliphatic rings. The van der Waals surface area contributed by atoms with Crippen LogP contribution < -0.4 is 0 Å². The van der Waals surface area contributed by atoms with Gasteiger partial charge < -0.3 is 4.74 Å². The molecule has 1 unspecified atom stereocenters. The molecule has 1 fully saturated rings. The third-order valence-corrected chi connectivity index (χ3v) is 5.91. The number of hydrogen-bond acceptors (Lipinski definition) is 2. The van der Waals surface area contributed by atoms with Crippen molar-refractivity contribution >= 4 is 27.5 Å². The van der Waals surface area contributed by atoms with Crippen molar-refractivity contribution in [3.05, 3.63) is 95.6 Å². The molecule has 0 bridgehead atoms. The van der Waals surface area contributed by atoms with E-state index < -0.39 is 5.72 Å². The summed E-state index contributed by atoms with van der Waals surface area (Å²) in [7, 11) is 0. The Morgan fingerprint density at radius 1 is 0.778 bits per heavy atom. The maximum atomic E-state index is 13.1. The average Bonchev–Trinajstić information content (AvgIpc) is 3.27. The second-order valence-electron chi connectivity index (χ2n) is 7.19. The molecule has 0 aromatic heterocycles. The summed E-state index contributed by atoms with van der Waals surface area (Å²) in [5, 5.41) is 4.70. The van der Waals surface area contributed by atoms with E-state index in [2.05, 4.69) is 54.6 Å². The quantitative estimate of drug-likeness (QED) is 0.466. The number of ether oxygens (including phenoxy) is 1. The average molecular weight is 351 g/mol. The van der Waals surface area contributed by atoms with E-state index in [4.69, 9.17) is 4.74 Å². The van der Waals surface area contributed by atoms with Crippen LogP contribution in [-0.2, 0) is 10.5 Å². The van der Waals surface area contributed by atoms with Crippen LogP contribution in [0.25, 0.3) is 21.5 Å². The molecule has 0 N–H and O–H groups in total. The lowest BCUT2D eigenvalue weighted by Crippen LogP contribution is -2.40. The highest BCUT2D eigenvalue weighted by Gasteiger charge is 2.55. The van der Waals surface area contributed by atoms with E-state index in [1.54, 1.807) is 0 Å². The molecule has 4 aromatic carbocycles. The molecule has 2 aliphatic heterocycles. The van der Waals surface area contributed by atoms with Gasteiger partial charge in [0.2, 0.25) is 0 Å². The molecule has 2 heterocycles. The van der Waals surface area contributed by atoms with Crippen LogP contribution in [0.3, 0.4) is 0 Å². The van der Waals surface area contributed by atoms with Crippen LogP contribution in [0.1, 0.15) is 21.5 Å². The van der Waals surface area contributed by atoms with Crippen LogP contribution in [-0.4, -0.2) is 24.0 Å². The van der Waals surface area contributed by atoms with Gasteiger partial charge in [-0.05, 0) is 33.7 Å². The van der Waals surface area contributed by atoms with Gasteiger partial charge in [0.25, 0.3) is 5.91 Å². The highest BCUT2D eigenvalue weighted by Crippen LogP contribution is 2.50. The molecule has 1 saturated heterocycles. The Hall–Kier alpha value is -3.17. The lowest BCUT2D eigenvalue weighted by Gasteiger charge is -2.33. The Morgan fingerprint density at radius 3 is 2.37 bits per heavy atom. The molecule has 6 rings (SSSR count). The summed E-state index contributed by atoms with van der Waals surface area (Å²) in [5.74, 6) is 0.0559. The van der Waals surface area contributed by atoms with Gasteiger partial charge in [0.1, 0.15) is 0 Å². The van der Waals surface area contributed by atoms with E-state index >= 15 is 0 Å². The van der Waals surface area contributed by atoms with Crippen LogP contribution in [0.2, 0.25) is 0 Å². The summed E-state index contributed by atoms with van der Waals surface area (Å²) >= 11 is 0. The fraction of sp³-hybridized carbons (Fsp3) is 0.125. The summed E-state index contributed by atoms with van der Waals surface area (Å²) < 4.78 is 6.41. The van der Waals surface area contributed by atoms with Crippen molar-refractivity contribution in [3.63, 3.8) is 0 Å². The van der Waals surface area contributed by atoms with Crippen molar-refractivity contribution in [2.45, 2.75) is 5.72 Å². The maximum absolute atomic E-state index is 13.1. The van der Waals surface area contributed by atoms with Gasteiger partial charge >= 0.3 is 0 Å². The Bertz CT molecular complexity index is 1250. The minimum absolute atomic E-state index is 0.0559. The molecule has 1 atom stereocenters.